The highest BCUT2D eigenvalue weighted by Gasteiger charge is 2.21. The third-order valence-corrected chi connectivity index (χ3v) is 2.73. The lowest BCUT2D eigenvalue weighted by Crippen LogP contribution is -2.37. The smallest absolute Gasteiger partial charge is 0.0518 e. The van der Waals surface area contributed by atoms with Crippen LogP contribution in [0.3, 0.4) is 0 Å². The van der Waals surface area contributed by atoms with Gasteiger partial charge in [-0.1, -0.05) is 36.8 Å². The minimum Gasteiger partial charge on any atom is -0.396 e. The van der Waals surface area contributed by atoms with Crippen molar-refractivity contribution in [2.24, 2.45) is 5.41 Å². The molecular formula is C13H21NO2. The maximum Gasteiger partial charge on any atom is 0.0518 e. The number of aliphatic hydroxyl groups excluding tert-OH is 2. The van der Waals surface area contributed by atoms with Gasteiger partial charge in [-0.05, 0) is 12.5 Å². The molecule has 3 N–H and O–H groups in total. The molecule has 0 amide bonds. The Morgan fingerprint density at radius 1 is 1.25 bits per heavy atom. The number of hydrogen-bond acceptors (Lipinski definition) is 3. The number of hydrogen-bond donors (Lipinski definition) is 3. The maximum absolute atomic E-state index is 9.13. The summed E-state index contributed by atoms with van der Waals surface area (Å²) in [4.78, 5) is 0. The van der Waals surface area contributed by atoms with Gasteiger partial charge in [0.1, 0.15) is 0 Å². The molecule has 0 spiro atoms. The van der Waals surface area contributed by atoms with Crippen LogP contribution in [0.5, 0.6) is 0 Å². The van der Waals surface area contributed by atoms with E-state index in [2.05, 4.69) is 30.4 Å². The molecule has 0 radical (unpaired) electrons. The van der Waals surface area contributed by atoms with Crippen LogP contribution in [0.2, 0.25) is 0 Å². The monoisotopic (exact) mass is 223 g/mol. The third kappa shape index (κ3) is 3.93. The molecule has 0 unspecified atom stereocenters. The summed E-state index contributed by atoms with van der Waals surface area (Å²) in [5, 5.41) is 21.5. The van der Waals surface area contributed by atoms with E-state index < -0.39 is 5.41 Å². The van der Waals surface area contributed by atoms with Crippen molar-refractivity contribution < 1.29 is 10.2 Å². The van der Waals surface area contributed by atoms with Gasteiger partial charge in [0.15, 0.2) is 0 Å². The van der Waals surface area contributed by atoms with E-state index in [1.54, 1.807) is 0 Å². The Bertz CT molecular complexity index is 321. The van der Waals surface area contributed by atoms with Crippen LogP contribution in [0.4, 0.5) is 0 Å². The Balaban J connectivity index is 2.41. The van der Waals surface area contributed by atoms with E-state index in [4.69, 9.17) is 10.2 Å². The standard InChI is InChI=1S/C13H21NO2/c1-11-4-3-5-12(6-11)7-14-8-13(2,9-15)10-16/h3-6,14-16H,7-10H2,1-2H3. The van der Waals surface area contributed by atoms with Crippen LogP contribution in [-0.4, -0.2) is 30.0 Å². The van der Waals surface area contributed by atoms with E-state index in [0.29, 0.717) is 6.54 Å². The van der Waals surface area contributed by atoms with E-state index in [0.717, 1.165) is 6.54 Å². The fourth-order valence-corrected chi connectivity index (χ4v) is 1.49. The highest BCUT2D eigenvalue weighted by molar-refractivity contribution is 5.21. The summed E-state index contributed by atoms with van der Waals surface area (Å²) >= 11 is 0. The average molecular weight is 223 g/mol. The fraction of sp³-hybridized carbons (Fsp3) is 0.538. The molecule has 0 fully saturated rings. The van der Waals surface area contributed by atoms with Crippen LogP contribution in [0.1, 0.15) is 18.1 Å². The van der Waals surface area contributed by atoms with E-state index in [1.165, 1.54) is 11.1 Å². The molecule has 16 heavy (non-hydrogen) atoms. The van der Waals surface area contributed by atoms with Crippen LogP contribution in [-0.2, 0) is 6.54 Å². The number of nitrogens with one attached hydrogen (secondary N) is 1. The van der Waals surface area contributed by atoms with E-state index in [-0.39, 0.29) is 13.2 Å². The zero-order valence-electron chi connectivity index (χ0n) is 10.0. The van der Waals surface area contributed by atoms with Crippen molar-refractivity contribution in [3.8, 4) is 0 Å². The Kier molecular flexibility index (Phi) is 4.93. The summed E-state index contributed by atoms with van der Waals surface area (Å²) in [7, 11) is 0. The average Bonchev–Trinajstić information content (AvgIpc) is 2.29. The van der Waals surface area contributed by atoms with Gasteiger partial charge in [0.2, 0.25) is 0 Å². The lowest BCUT2D eigenvalue weighted by atomic mass is 9.93. The van der Waals surface area contributed by atoms with Gasteiger partial charge in [-0.15, -0.1) is 0 Å². The molecule has 3 nitrogen and oxygen atoms in total. The predicted octanol–water partition coefficient (Wildman–Crippen LogP) is 1.08. The molecule has 0 saturated heterocycles. The molecule has 0 aromatic heterocycles. The first-order valence-corrected chi connectivity index (χ1v) is 5.58. The lowest BCUT2D eigenvalue weighted by molar-refractivity contribution is 0.0695. The predicted molar refractivity (Wildman–Crippen MR) is 65.2 cm³/mol. The Morgan fingerprint density at radius 3 is 2.50 bits per heavy atom. The largest absolute Gasteiger partial charge is 0.396 e. The van der Waals surface area contributed by atoms with Crippen molar-refractivity contribution in [1.29, 1.82) is 0 Å². The molecule has 3 heteroatoms. The molecule has 0 saturated carbocycles. The molecule has 90 valence electrons. The Hall–Kier alpha value is -0.900. The van der Waals surface area contributed by atoms with Gasteiger partial charge < -0.3 is 15.5 Å². The molecule has 0 bridgehead atoms. The SMILES string of the molecule is Cc1cccc(CNCC(C)(CO)CO)c1. The number of benzene rings is 1. The zero-order valence-corrected chi connectivity index (χ0v) is 10.0. The normalized spacial score (nSPS) is 11.8. The highest BCUT2D eigenvalue weighted by atomic mass is 16.3. The first-order chi connectivity index (χ1) is 7.59. The summed E-state index contributed by atoms with van der Waals surface area (Å²) in [5.41, 5.74) is 2.02. The second-order valence-electron chi connectivity index (χ2n) is 4.72. The van der Waals surface area contributed by atoms with Crippen LogP contribution >= 0.6 is 0 Å². The molecular weight excluding hydrogens is 202 g/mol. The number of aryl methyl sites for hydroxylation is 1. The lowest BCUT2D eigenvalue weighted by Gasteiger charge is -2.24. The first-order valence-electron chi connectivity index (χ1n) is 5.58. The van der Waals surface area contributed by atoms with Gasteiger partial charge in [-0.25, -0.2) is 0 Å². The topological polar surface area (TPSA) is 52.5 Å². The molecule has 1 aromatic rings. The van der Waals surface area contributed by atoms with Crippen LogP contribution in [0.25, 0.3) is 0 Å². The minimum atomic E-state index is -0.441. The van der Waals surface area contributed by atoms with Crippen molar-refractivity contribution in [1.82, 2.24) is 5.32 Å². The molecule has 0 aliphatic heterocycles. The molecule has 0 heterocycles. The summed E-state index contributed by atoms with van der Waals surface area (Å²) in [6.07, 6.45) is 0. The number of rotatable bonds is 6. The summed E-state index contributed by atoms with van der Waals surface area (Å²) in [6.45, 7) is 5.27. The molecule has 0 aliphatic rings. The van der Waals surface area contributed by atoms with Crippen LogP contribution < -0.4 is 5.32 Å². The summed E-state index contributed by atoms with van der Waals surface area (Å²) in [6, 6.07) is 8.29. The highest BCUT2D eigenvalue weighted by Crippen LogP contribution is 2.12. The van der Waals surface area contributed by atoms with Gasteiger partial charge >= 0.3 is 0 Å². The molecule has 0 atom stereocenters. The van der Waals surface area contributed by atoms with Crippen LogP contribution in [0, 0.1) is 12.3 Å². The quantitative estimate of drug-likeness (QED) is 0.676. The minimum absolute atomic E-state index is 0.00961. The summed E-state index contributed by atoms with van der Waals surface area (Å²) in [5.74, 6) is 0. The molecule has 0 aliphatic carbocycles. The third-order valence-electron chi connectivity index (χ3n) is 2.73. The molecule has 1 rings (SSSR count). The Morgan fingerprint density at radius 2 is 1.94 bits per heavy atom. The van der Waals surface area contributed by atoms with Gasteiger partial charge in [0, 0.05) is 18.5 Å². The van der Waals surface area contributed by atoms with Crippen molar-refractivity contribution in [2.45, 2.75) is 20.4 Å². The first kappa shape index (κ1) is 13.2. The van der Waals surface area contributed by atoms with Gasteiger partial charge in [-0.2, -0.15) is 0 Å². The van der Waals surface area contributed by atoms with Gasteiger partial charge in [0.05, 0.1) is 13.2 Å². The van der Waals surface area contributed by atoms with Crippen molar-refractivity contribution in [2.75, 3.05) is 19.8 Å². The molecule has 1 aromatic carbocycles. The second-order valence-corrected chi connectivity index (χ2v) is 4.72. The second kappa shape index (κ2) is 5.99. The van der Waals surface area contributed by atoms with E-state index in [1.807, 2.05) is 13.0 Å². The fourth-order valence-electron chi connectivity index (χ4n) is 1.49. The van der Waals surface area contributed by atoms with Crippen molar-refractivity contribution >= 4 is 0 Å². The van der Waals surface area contributed by atoms with Gasteiger partial charge in [0.25, 0.3) is 0 Å². The number of aliphatic hydroxyl groups is 2. The van der Waals surface area contributed by atoms with E-state index >= 15 is 0 Å². The van der Waals surface area contributed by atoms with Crippen molar-refractivity contribution in [3.63, 3.8) is 0 Å². The van der Waals surface area contributed by atoms with Crippen LogP contribution in [0.15, 0.2) is 24.3 Å². The Labute approximate surface area is 97.1 Å². The zero-order chi connectivity index (χ0) is 12.0. The maximum atomic E-state index is 9.13. The summed E-state index contributed by atoms with van der Waals surface area (Å²) < 4.78 is 0. The van der Waals surface area contributed by atoms with Crippen molar-refractivity contribution in [3.05, 3.63) is 35.4 Å². The van der Waals surface area contributed by atoms with Gasteiger partial charge in [-0.3, -0.25) is 0 Å². The van der Waals surface area contributed by atoms with E-state index in [9.17, 15) is 0 Å².